The second-order valence-corrected chi connectivity index (χ2v) is 8.69. The number of hydrogen-bond donors (Lipinski definition) is 1. The summed E-state index contributed by atoms with van der Waals surface area (Å²) in [6.45, 7) is 2.98. The number of carbonyl (C=O) groups is 2. The number of likely N-dealkylation sites (tertiary alicyclic amines) is 1. The number of primary amides is 1. The Kier molecular flexibility index (Phi) is 6.49. The van der Waals surface area contributed by atoms with Crippen LogP contribution in [0.4, 0.5) is 0 Å². The van der Waals surface area contributed by atoms with Crippen LogP contribution in [0.1, 0.15) is 23.5 Å². The molecule has 144 valence electrons. The standard InChI is InChI=1S/C19H22BrN3O3S/c1-12-22-15(11-27-12)9-19(25)23-6-5-17(13(10-23)7-18(21)24)26-16-4-2-3-14(20)8-16/h2-4,8,11,13,17H,5-7,9-10H2,1H3,(H2,21,24)/t13-,17-/m0/s1. The molecule has 6 nitrogen and oxygen atoms in total. The third-order valence-corrected chi connectivity index (χ3v) is 5.88. The van der Waals surface area contributed by atoms with Crippen LogP contribution in [0.3, 0.4) is 0 Å². The maximum atomic E-state index is 12.6. The summed E-state index contributed by atoms with van der Waals surface area (Å²) in [6.07, 6.45) is 0.979. The highest BCUT2D eigenvalue weighted by Crippen LogP contribution is 2.27. The minimum Gasteiger partial charge on any atom is -0.490 e. The molecule has 0 saturated carbocycles. The lowest BCUT2D eigenvalue weighted by Gasteiger charge is -2.38. The molecule has 1 saturated heterocycles. The van der Waals surface area contributed by atoms with Crippen molar-refractivity contribution < 1.29 is 14.3 Å². The summed E-state index contributed by atoms with van der Waals surface area (Å²) in [7, 11) is 0. The number of nitrogens with two attached hydrogens (primary N) is 1. The monoisotopic (exact) mass is 451 g/mol. The third kappa shape index (κ3) is 5.52. The molecule has 27 heavy (non-hydrogen) atoms. The van der Waals surface area contributed by atoms with Crippen LogP contribution in [-0.4, -0.2) is 40.9 Å². The Balaban J connectivity index is 1.66. The molecule has 0 aliphatic carbocycles. The maximum absolute atomic E-state index is 12.6. The molecule has 3 rings (SSSR count). The Morgan fingerprint density at radius 3 is 2.93 bits per heavy atom. The van der Waals surface area contributed by atoms with E-state index in [1.807, 2.05) is 36.6 Å². The fraction of sp³-hybridized carbons (Fsp3) is 0.421. The van der Waals surface area contributed by atoms with Crippen LogP contribution in [0.2, 0.25) is 0 Å². The number of nitrogens with zero attached hydrogens (tertiary/aromatic N) is 2. The van der Waals surface area contributed by atoms with Crippen molar-refractivity contribution in [1.29, 1.82) is 0 Å². The van der Waals surface area contributed by atoms with Crippen molar-refractivity contribution in [2.75, 3.05) is 13.1 Å². The highest BCUT2D eigenvalue weighted by Gasteiger charge is 2.34. The van der Waals surface area contributed by atoms with Crippen LogP contribution in [0.25, 0.3) is 0 Å². The molecule has 2 amide bonds. The summed E-state index contributed by atoms with van der Waals surface area (Å²) in [6, 6.07) is 7.60. The highest BCUT2D eigenvalue weighted by atomic mass is 79.9. The lowest BCUT2D eigenvalue weighted by Crippen LogP contribution is -2.49. The molecular weight excluding hydrogens is 430 g/mol. The molecule has 0 bridgehead atoms. The zero-order valence-electron chi connectivity index (χ0n) is 15.1. The normalized spacial score (nSPS) is 19.7. The Labute approximate surface area is 170 Å². The van der Waals surface area contributed by atoms with Gasteiger partial charge in [-0.2, -0.15) is 0 Å². The van der Waals surface area contributed by atoms with Gasteiger partial charge in [-0.3, -0.25) is 9.59 Å². The second-order valence-electron chi connectivity index (χ2n) is 6.71. The number of amides is 2. The van der Waals surface area contributed by atoms with Gasteiger partial charge < -0.3 is 15.4 Å². The van der Waals surface area contributed by atoms with Gasteiger partial charge in [-0.1, -0.05) is 22.0 Å². The number of piperidine rings is 1. The summed E-state index contributed by atoms with van der Waals surface area (Å²) in [5.41, 5.74) is 6.23. The van der Waals surface area contributed by atoms with Crippen LogP contribution in [-0.2, 0) is 16.0 Å². The average molecular weight is 452 g/mol. The van der Waals surface area contributed by atoms with Crippen molar-refractivity contribution in [3.63, 3.8) is 0 Å². The minimum atomic E-state index is -0.382. The van der Waals surface area contributed by atoms with Crippen molar-refractivity contribution >= 4 is 39.1 Å². The first kappa shape index (κ1) is 19.8. The van der Waals surface area contributed by atoms with Crippen molar-refractivity contribution in [2.45, 2.75) is 32.3 Å². The number of carbonyl (C=O) groups excluding carboxylic acids is 2. The molecule has 2 atom stereocenters. The molecular formula is C19H22BrN3O3S. The number of ether oxygens (including phenoxy) is 1. The van der Waals surface area contributed by atoms with E-state index < -0.39 is 0 Å². The fourth-order valence-electron chi connectivity index (χ4n) is 3.32. The Bertz CT molecular complexity index is 826. The first-order chi connectivity index (χ1) is 12.9. The Morgan fingerprint density at radius 2 is 2.26 bits per heavy atom. The molecule has 0 unspecified atom stereocenters. The van der Waals surface area contributed by atoms with Gasteiger partial charge in [0.1, 0.15) is 11.9 Å². The van der Waals surface area contributed by atoms with Crippen LogP contribution < -0.4 is 10.5 Å². The molecule has 2 heterocycles. The van der Waals surface area contributed by atoms with Gasteiger partial charge in [-0.25, -0.2) is 4.98 Å². The third-order valence-electron chi connectivity index (χ3n) is 4.56. The van der Waals surface area contributed by atoms with E-state index in [-0.39, 0.29) is 36.7 Å². The van der Waals surface area contributed by atoms with Crippen LogP contribution in [0.5, 0.6) is 5.75 Å². The van der Waals surface area contributed by atoms with E-state index in [9.17, 15) is 9.59 Å². The van der Waals surface area contributed by atoms with Gasteiger partial charge in [0.2, 0.25) is 11.8 Å². The van der Waals surface area contributed by atoms with Crippen LogP contribution in [0.15, 0.2) is 34.1 Å². The average Bonchev–Trinajstić information content (AvgIpc) is 3.01. The molecule has 2 aromatic rings. The van der Waals surface area contributed by atoms with Crippen LogP contribution in [0, 0.1) is 12.8 Å². The van der Waals surface area contributed by atoms with E-state index in [4.69, 9.17) is 10.5 Å². The number of aryl methyl sites for hydroxylation is 1. The first-order valence-electron chi connectivity index (χ1n) is 8.80. The number of hydrogen-bond acceptors (Lipinski definition) is 5. The van der Waals surface area contributed by atoms with E-state index in [0.717, 1.165) is 20.9 Å². The zero-order valence-corrected chi connectivity index (χ0v) is 17.5. The highest BCUT2D eigenvalue weighted by molar-refractivity contribution is 9.10. The smallest absolute Gasteiger partial charge is 0.228 e. The number of benzene rings is 1. The Morgan fingerprint density at radius 1 is 1.44 bits per heavy atom. The maximum Gasteiger partial charge on any atom is 0.228 e. The van der Waals surface area contributed by atoms with Gasteiger partial charge in [0.15, 0.2) is 0 Å². The predicted octanol–water partition coefficient (Wildman–Crippen LogP) is 2.93. The summed E-state index contributed by atoms with van der Waals surface area (Å²) < 4.78 is 7.04. The lowest BCUT2D eigenvalue weighted by atomic mass is 9.91. The quantitative estimate of drug-likeness (QED) is 0.731. The molecule has 8 heteroatoms. The van der Waals surface area contributed by atoms with E-state index in [2.05, 4.69) is 20.9 Å². The second kappa shape index (κ2) is 8.84. The van der Waals surface area contributed by atoms with Crippen LogP contribution >= 0.6 is 27.3 Å². The lowest BCUT2D eigenvalue weighted by molar-refractivity contribution is -0.135. The number of thiazole rings is 1. The van der Waals surface area contributed by atoms with Gasteiger partial charge in [0, 0.05) is 41.7 Å². The zero-order chi connectivity index (χ0) is 19.4. The molecule has 1 aliphatic heterocycles. The summed E-state index contributed by atoms with van der Waals surface area (Å²) in [5.74, 6) is 0.251. The molecule has 0 radical (unpaired) electrons. The van der Waals surface area contributed by atoms with Gasteiger partial charge in [0.05, 0.1) is 17.1 Å². The summed E-state index contributed by atoms with van der Waals surface area (Å²) >= 11 is 4.97. The largest absolute Gasteiger partial charge is 0.490 e. The molecule has 1 aliphatic rings. The summed E-state index contributed by atoms with van der Waals surface area (Å²) in [5, 5.41) is 2.86. The van der Waals surface area contributed by atoms with Gasteiger partial charge in [-0.15, -0.1) is 11.3 Å². The first-order valence-corrected chi connectivity index (χ1v) is 10.5. The summed E-state index contributed by atoms with van der Waals surface area (Å²) in [4.78, 5) is 30.3. The molecule has 0 spiro atoms. The predicted molar refractivity (Wildman–Crippen MR) is 108 cm³/mol. The number of halogens is 1. The van der Waals surface area contributed by atoms with E-state index in [1.54, 1.807) is 4.90 Å². The van der Waals surface area contributed by atoms with Crippen molar-refractivity contribution in [1.82, 2.24) is 9.88 Å². The molecule has 2 N–H and O–H groups in total. The van der Waals surface area contributed by atoms with E-state index in [0.29, 0.717) is 19.5 Å². The van der Waals surface area contributed by atoms with Gasteiger partial charge in [0.25, 0.3) is 0 Å². The van der Waals surface area contributed by atoms with Crippen molar-refractivity contribution in [2.24, 2.45) is 11.7 Å². The minimum absolute atomic E-state index is 0.0238. The molecule has 1 aromatic carbocycles. The molecule has 1 aromatic heterocycles. The fourth-order valence-corrected chi connectivity index (χ4v) is 4.31. The van der Waals surface area contributed by atoms with Crippen molar-refractivity contribution in [3.05, 3.63) is 44.8 Å². The molecule has 1 fully saturated rings. The SMILES string of the molecule is Cc1nc(CC(=O)N2CC[C@H](Oc3cccc(Br)c3)[C@@H](CC(N)=O)C2)cs1. The van der Waals surface area contributed by atoms with E-state index >= 15 is 0 Å². The topological polar surface area (TPSA) is 85.5 Å². The van der Waals surface area contributed by atoms with Gasteiger partial charge >= 0.3 is 0 Å². The van der Waals surface area contributed by atoms with E-state index in [1.165, 1.54) is 11.3 Å². The number of rotatable bonds is 6. The van der Waals surface area contributed by atoms with Crippen molar-refractivity contribution in [3.8, 4) is 5.75 Å². The number of aromatic nitrogens is 1. The van der Waals surface area contributed by atoms with Gasteiger partial charge in [-0.05, 0) is 25.1 Å². The Hall–Kier alpha value is -1.93.